The third kappa shape index (κ3) is 3.19. The Morgan fingerprint density at radius 1 is 1.08 bits per heavy atom. The molecule has 0 radical (unpaired) electrons. The molecule has 2 aromatic carbocycles. The number of para-hydroxylation sites is 2. The maximum absolute atomic E-state index is 12.4. The molecule has 1 aromatic heterocycles. The summed E-state index contributed by atoms with van der Waals surface area (Å²) in [7, 11) is -0.811. The predicted molar refractivity (Wildman–Crippen MR) is 87.6 cm³/mol. The van der Waals surface area contributed by atoms with Crippen molar-refractivity contribution in [3.8, 4) is 11.5 Å². The molecule has 126 valence electrons. The van der Waals surface area contributed by atoms with Gasteiger partial charge < -0.3 is 13.9 Å². The van der Waals surface area contributed by atoms with Gasteiger partial charge in [-0.3, -0.25) is 0 Å². The fourth-order valence-electron chi connectivity index (χ4n) is 2.22. The van der Waals surface area contributed by atoms with Crippen molar-refractivity contribution in [3.05, 3.63) is 48.4 Å². The van der Waals surface area contributed by atoms with Crippen LogP contribution in [0.4, 0.5) is 0 Å². The molecule has 7 nitrogen and oxygen atoms in total. The van der Waals surface area contributed by atoms with Gasteiger partial charge in [-0.05, 0) is 24.3 Å². The van der Waals surface area contributed by atoms with Gasteiger partial charge in [-0.25, -0.2) is 18.1 Å². The number of sulfonamides is 1. The van der Waals surface area contributed by atoms with E-state index in [0.29, 0.717) is 28.5 Å². The van der Waals surface area contributed by atoms with Gasteiger partial charge in [-0.2, -0.15) is 0 Å². The lowest BCUT2D eigenvalue weighted by atomic mass is 10.3. The van der Waals surface area contributed by atoms with Crippen molar-refractivity contribution in [2.24, 2.45) is 0 Å². The molecule has 0 spiro atoms. The van der Waals surface area contributed by atoms with Crippen molar-refractivity contribution >= 4 is 21.1 Å². The van der Waals surface area contributed by atoms with E-state index in [4.69, 9.17) is 13.9 Å². The monoisotopic (exact) mass is 348 g/mol. The Kier molecular flexibility index (Phi) is 4.41. The van der Waals surface area contributed by atoms with Crippen molar-refractivity contribution in [3.63, 3.8) is 0 Å². The zero-order valence-corrected chi connectivity index (χ0v) is 14.0. The second-order valence-electron chi connectivity index (χ2n) is 4.92. The smallest absolute Gasteiger partial charge is 0.241 e. The Labute approximate surface area is 139 Å². The van der Waals surface area contributed by atoms with Crippen LogP contribution >= 0.6 is 0 Å². The number of nitrogens with one attached hydrogen (secondary N) is 1. The van der Waals surface area contributed by atoms with Crippen LogP contribution in [0.25, 0.3) is 11.1 Å². The summed E-state index contributed by atoms with van der Waals surface area (Å²) < 4.78 is 43.0. The number of hydrogen-bond donors (Lipinski definition) is 1. The molecule has 3 aromatic rings. The number of aromatic nitrogens is 1. The minimum Gasteiger partial charge on any atom is -0.493 e. The number of rotatable bonds is 6. The quantitative estimate of drug-likeness (QED) is 0.735. The molecule has 0 fully saturated rings. The first-order valence-corrected chi connectivity index (χ1v) is 8.58. The molecule has 0 atom stereocenters. The number of methoxy groups -OCH3 is 2. The first-order chi connectivity index (χ1) is 11.5. The van der Waals surface area contributed by atoms with E-state index in [1.54, 1.807) is 12.1 Å². The maximum Gasteiger partial charge on any atom is 0.241 e. The number of ether oxygens (including phenoxy) is 2. The lowest BCUT2D eigenvalue weighted by molar-refractivity contribution is 0.354. The minimum atomic E-state index is -3.74. The van der Waals surface area contributed by atoms with Crippen LogP contribution in [0.5, 0.6) is 11.5 Å². The second kappa shape index (κ2) is 6.50. The van der Waals surface area contributed by atoms with E-state index >= 15 is 0 Å². The fraction of sp³-hybridized carbons (Fsp3) is 0.188. The molecule has 0 saturated heterocycles. The summed E-state index contributed by atoms with van der Waals surface area (Å²) in [5, 5.41) is 0. The van der Waals surface area contributed by atoms with Crippen molar-refractivity contribution in [2.45, 2.75) is 11.4 Å². The SMILES string of the molecule is COc1ccc(S(=O)(=O)NCc2nc3ccccc3o2)cc1OC. The zero-order chi connectivity index (χ0) is 17.2. The summed E-state index contributed by atoms with van der Waals surface area (Å²) in [6, 6.07) is 11.6. The largest absolute Gasteiger partial charge is 0.493 e. The van der Waals surface area contributed by atoms with Crippen LogP contribution in [0.1, 0.15) is 5.89 Å². The van der Waals surface area contributed by atoms with E-state index in [2.05, 4.69) is 9.71 Å². The van der Waals surface area contributed by atoms with E-state index < -0.39 is 10.0 Å². The molecule has 1 heterocycles. The first-order valence-electron chi connectivity index (χ1n) is 7.09. The van der Waals surface area contributed by atoms with E-state index in [1.165, 1.54) is 32.4 Å². The number of oxazole rings is 1. The average Bonchev–Trinajstić information content (AvgIpc) is 3.02. The summed E-state index contributed by atoms with van der Waals surface area (Å²) in [6.07, 6.45) is 0. The zero-order valence-electron chi connectivity index (χ0n) is 13.1. The van der Waals surface area contributed by atoms with Gasteiger partial charge in [0.15, 0.2) is 17.1 Å². The van der Waals surface area contributed by atoms with E-state index in [9.17, 15) is 8.42 Å². The summed E-state index contributed by atoms with van der Waals surface area (Å²) >= 11 is 0. The van der Waals surface area contributed by atoms with E-state index in [0.717, 1.165) is 0 Å². The lowest BCUT2D eigenvalue weighted by Gasteiger charge is -2.10. The highest BCUT2D eigenvalue weighted by Crippen LogP contribution is 2.29. The Morgan fingerprint density at radius 3 is 2.54 bits per heavy atom. The first kappa shape index (κ1) is 16.3. The van der Waals surface area contributed by atoms with Gasteiger partial charge in [-0.15, -0.1) is 0 Å². The topological polar surface area (TPSA) is 90.7 Å². The maximum atomic E-state index is 12.4. The second-order valence-corrected chi connectivity index (χ2v) is 6.68. The van der Waals surface area contributed by atoms with Crippen LogP contribution < -0.4 is 14.2 Å². The molecular formula is C16H16N2O5S. The highest BCUT2D eigenvalue weighted by molar-refractivity contribution is 7.89. The van der Waals surface area contributed by atoms with Gasteiger partial charge in [0.25, 0.3) is 0 Å². The standard InChI is InChI=1S/C16H16N2O5S/c1-21-14-8-7-11(9-15(14)22-2)24(19,20)17-10-16-18-12-5-3-4-6-13(12)23-16/h3-9,17H,10H2,1-2H3. The molecule has 24 heavy (non-hydrogen) atoms. The Balaban J connectivity index is 1.80. The van der Waals surface area contributed by atoms with Gasteiger partial charge in [0, 0.05) is 6.07 Å². The summed E-state index contributed by atoms with van der Waals surface area (Å²) in [6.45, 7) is -0.0502. The lowest BCUT2D eigenvalue weighted by Crippen LogP contribution is -2.23. The van der Waals surface area contributed by atoms with E-state index in [-0.39, 0.29) is 11.4 Å². The van der Waals surface area contributed by atoms with E-state index in [1.807, 2.05) is 12.1 Å². The van der Waals surface area contributed by atoms with Crippen LogP contribution in [0, 0.1) is 0 Å². The molecule has 1 N–H and O–H groups in total. The van der Waals surface area contributed by atoms with Crippen LogP contribution in [0.15, 0.2) is 51.8 Å². The fourth-order valence-corrected chi connectivity index (χ4v) is 3.21. The Bertz CT molecular complexity index is 933. The van der Waals surface area contributed by atoms with Gasteiger partial charge >= 0.3 is 0 Å². The van der Waals surface area contributed by atoms with Crippen LogP contribution in [0.3, 0.4) is 0 Å². The van der Waals surface area contributed by atoms with Gasteiger partial charge in [0.05, 0.1) is 25.7 Å². The summed E-state index contributed by atoms with van der Waals surface area (Å²) in [4.78, 5) is 4.30. The molecule has 0 aliphatic rings. The number of nitrogens with zero attached hydrogens (tertiary/aromatic N) is 1. The highest BCUT2D eigenvalue weighted by atomic mass is 32.2. The molecule has 0 amide bonds. The average molecular weight is 348 g/mol. The minimum absolute atomic E-state index is 0.0502. The van der Waals surface area contributed by atoms with Crippen molar-refractivity contribution in [1.29, 1.82) is 0 Å². The number of hydrogen-bond acceptors (Lipinski definition) is 6. The normalized spacial score (nSPS) is 11.6. The molecular weight excluding hydrogens is 332 g/mol. The van der Waals surface area contributed by atoms with Crippen LogP contribution in [-0.2, 0) is 16.6 Å². The van der Waals surface area contributed by atoms with Gasteiger partial charge in [0.1, 0.15) is 5.52 Å². The summed E-state index contributed by atoms with van der Waals surface area (Å²) in [5.41, 5.74) is 1.29. The summed E-state index contributed by atoms with van der Waals surface area (Å²) in [5.74, 6) is 1.08. The van der Waals surface area contributed by atoms with Crippen molar-refractivity contribution in [1.82, 2.24) is 9.71 Å². The highest BCUT2D eigenvalue weighted by Gasteiger charge is 2.18. The third-order valence-corrected chi connectivity index (χ3v) is 4.82. The number of benzene rings is 2. The van der Waals surface area contributed by atoms with Gasteiger partial charge in [-0.1, -0.05) is 12.1 Å². The predicted octanol–water partition coefficient (Wildman–Crippen LogP) is 2.32. The van der Waals surface area contributed by atoms with Crippen LogP contribution in [0.2, 0.25) is 0 Å². The van der Waals surface area contributed by atoms with Crippen molar-refractivity contribution in [2.75, 3.05) is 14.2 Å². The molecule has 0 unspecified atom stereocenters. The number of fused-ring (bicyclic) bond motifs is 1. The molecule has 0 bridgehead atoms. The van der Waals surface area contributed by atoms with Crippen LogP contribution in [-0.4, -0.2) is 27.6 Å². The molecule has 0 aliphatic carbocycles. The third-order valence-electron chi connectivity index (χ3n) is 3.42. The molecule has 3 rings (SSSR count). The molecule has 8 heteroatoms. The molecule has 0 saturated carbocycles. The molecule has 0 aliphatic heterocycles. The Morgan fingerprint density at radius 2 is 1.83 bits per heavy atom. The van der Waals surface area contributed by atoms with Crippen molar-refractivity contribution < 1.29 is 22.3 Å². The Hall–Kier alpha value is -2.58. The van der Waals surface area contributed by atoms with Gasteiger partial charge in [0.2, 0.25) is 15.9 Å².